The lowest BCUT2D eigenvalue weighted by Crippen LogP contribution is -2.49. The van der Waals surface area contributed by atoms with Crippen LogP contribution in [0.2, 0.25) is 0 Å². The molecule has 2 aromatic rings. The molecule has 0 saturated carbocycles. The van der Waals surface area contributed by atoms with Crippen molar-refractivity contribution < 1.29 is 14.6 Å². The number of aliphatic hydroxyl groups is 1. The number of amides is 1. The van der Waals surface area contributed by atoms with Crippen LogP contribution < -0.4 is 0 Å². The van der Waals surface area contributed by atoms with Crippen molar-refractivity contribution in [2.24, 2.45) is 0 Å². The monoisotopic (exact) mass is 346 g/mol. The first-order valence-electron chi connectivity index (χ1n) is 8.20. The van der Waals surface area contributed by atoms with Gasteiger partial charge in [0.15, 0.2) is 0 Å². The van der Waals surface area contributed by atoms with Crippen LogP contribution in [0.4, 0.5) is 0 Å². The summed E-state index contributed by atoms with van der Waals surface area (Å²) < 4.78 is 5.71. The van der Waals surface area contributed by atoms with Gasteiger partial charge in [0.1, 0.15) is 11.0 Å². The van der Waals surface area contributed by atoms with E-state index in [0.717, 1.165) is 22.7 Å². The number of aryl methyl sites for hydroxylation is 2. The van der Waals surface area contributed by atoms with Crippen LogP contribution in [-0.2, 0) is 11.2 Å². The average molecular weight is 346 g/mol. The van der Waals surface area contributed by atoms with E-state index < -0.39 is 6.10 Å². The van der Waals surface area contributed by atoms with Crippen molar-refractivity contribution >= 4 is 17.2 Å². The van der Waals surface area contributed by atoms with Gasteiger partial charge in [-0.15, -0.1) is 11.3 Å². The Bertz CT molecular complexity index is 702. The van der Waals surface area contributed by atoms with E-state index in [0.29, 0.717) is 18.0 Å². The molecule has 6 heteroatoms. The number of ether oxygens (including phenoxy) is 1. The SMILES string of the molecule is CCc1nc(C)c(C(=O)N2CCO[C@H](CO)[C@H]2c2ccccc2)s1. The summed E-state index contributed by atoms with van der Waals surface area (Å²) in [7, 11) is 0. The third kappa shape index (κ3) is 3.22. The van der Waals surface area contributed by atoms with Gasteiger partial charge in [-0.2, -0.15) is 0 Å². The van der Waals surface area contributed by atoms with Crippen LogP contribution in [0, 0.1) is 6.92 Å². The maximum atomic E-state index is 13.2. The number of aliphatic hydroxyl groups excluding tert-OH is 1. The van der Waals surface area contributed by atoms with Gasteiger partial charge in [0, 0.05) is 6.54 Å². The third-order valence-corrected chi connectivity index (χ3v) is 5.56. The Hall–Kier alpha value is -1.76. The Kier molecular flexibility index (Phi) is 5.28. The highest BCUT2D eigenvalue weighted by atomic mass is 32.1. The Labute approximate surface area is 145 Å². The van der Waals surface area contributed by atoms with E-state index in [1.165, 1.54) is 11.3 Å². The predicted octanol–water partition coefficient (Wildman–Crippen LogP) is 2.59. The number of carbonyl (C=O) groups excluding carboxylic acids is 1. The van der Waals surface area contributed by atoms with Crippen molar-refractivity contribution in [1.29, 1.82) is 0 Å². The van der Waals surface area contributed by atoms with Crippen molar-refractivity contribution in [3.8, 4) is 0 Å². The smallest absolute Gasteiger partial charge is 0.266 e. The summed E-state index contributed by atoms with van der Waals surface area (Å²) in [5.41, 5.74) is 1.75. The summed E-state index contributed by atoms with van der Waals surface area (Å²) in [6.45, 7) is 4.73. The average Bonchev–Trinajstić information content (AvgIpc) is 3.02. The molecule has 1 aromatic carbocycles. The lowest BCUT2D eigenvalue weighted by atomic mass is 9.98. The fourth-order valence-corrected chi connectivity index (χ4v) is 4.05. The van der Waals surface area contributed by atoms with Gasteiger partial charge >= 0.3 is 0 Å². The minimum atomic E-state index is -0.413. The molecule has 1 saturated heterocycles. The highest BCUT2D eigenvalue weighted by Crippen LogP contribution is 2.32. The Morgan fingerprint density at radius 2 is 2.17 bits per heavy atom. The molecule has 0 aliphatic carbocycles. The maximum Gasteiger partial charge on any atom is 0.266 e. The number of hydrogen-bond donors (Lipinski definition) is 1. The molecule has 1 N–H and O–H groups in total. The molecule has 0 bridgehead atoms. The zero-order chi connectivity index (χ0) is 17.1. The zero-order valence-electron chi connectivity index (χ0n) is 13.9. The highest BCUT2D eigenvalue weighted by molar-refractivity contribution is 7.13. The second-order valence-electron chi connectivity index (χ2n) is 5.82. The molecule has 1 aromatic heterocycles. The first kappa shape index (κ1) is 17.1. The maximum absolute atomic E-state index is 13.2. The topological polar surface area (TPSA) is 62.7 Å². The number of aromatic nitrogens is 1. The lowest BCUT2D eigenvalue weighted by molar-refractivity contribution is -0.0810. The molecular formula is C18H22N2O3S. The Balaban J connectivity index is 1.96. The predicted molar refractivity (Wildman–Crippen MR) is 93.3 cm³/mol. The molecule has 3 rings (SSSR count). The molecule has 1 fully saturated rings. The Morgan fingerprint density at radius 3 is 2.79 bits per heavy atom. The number of morpholine rings is 1. The van der Waals surface area contributed by atoms with Crippen molar-refractivity contribution in [3.63, 3.8) is 0 Å². The van der Waals surface area contributed by atoms with Gasteiger partial charge in [0.05, 0.1) is 30.0 Å². The molecule has 0 unspecified atom stereocenters. The largest absolute Gasteiger partial charge is 0.394 e. The highest BCUT2D eigenvalue weighted by Gasteiger charge is 2.37. The molecular weight excluding hydrogens is 324 g/mol. The van der Waals surface area contributed by atoms with E-state index in [9.17, 15) is 9.90 Å². The molecule has 1 amide bonds. The van der Waals surface area contributed by atoms with Gasteiger partial charge < -0.3 is 14.7 Å². The number of hydrogen-bond acceptors (Lipinski definition) is 5. The molecule has 2 atom stereocenters. The quantitative estimate of drug-likeness (QED) is 0.924. The summed E-state index contributed by atoms with van der Waals surface area (Å²) in [6, 6.07) is 9.47. The molecule has 5 nitrogen and oxygen atoms in total. The summed E-state index contributed by atoms with van der Waals surface area (Å²) >= 11 is 1.46. The van der Waals surface area contributed by atoms with Gasteiger partial charge in [-0.25, -0.2) is 4.98 Å². The molecule has 1 aliphatic rings. The fraction of sp³-hybridized carbons (Fsp3) is 0.444. The normalized spacial score (nSPS) is 21.0. The van der Waals surface area contributed by atoms with E-state index in [4.69, 9.17) is 4.74 Å². The number of nitrogens with zero attached hydrogens (tertiary/aromatic N) is 2. The van der Waals surface area contributed by atoms with Crippen LogP contribution in [0.5, 0.6) is 0 Å². The van der Waals surface area contributed by atoms with Crippen molar-refractivity contribution in [2.75, 3.05) is 19.8 Å². The number of thiazole rings is 1. The van der Waals surface area contributed by atoms with Crippen LogP contribution in [0.25, 0.3) is 0 Å². The van der Waals surface area contributed by atoms with Gasteiger partial charge in [-0.05, 0) is 18.9 Å². The summed E-state index contributed by atoms with van der Waals surface area (Å²) in [5, 5.41) is 10.7. The van der Waals surface area contributed by atoms with Crippen molar-refractivity contribution in [3.05, 3.63) is 51.5 Å². The van der Waals surface area contributed by atoms with Gasteiger partial charge in [-0.3, -0.25) is 4.79 Å². The van der Waals surface area contributed by atoms with Gasteiger partial charge in [0.25, 0.3) is 5.91 Å². The number of benzene rings is 1. The molecule has 0 radical (unpaired) electrons. The zero-order valence-corrected chi connectivity index (χ0v) is 14.8. The van der Waals surface area contributed by atoms with Gasteiger partial charge in [-0.1, -0.05) is 37.3 Å². The molecule has 24 heavy (non-hydrogen) atoms. The fourth-order valence-electron chi connectivity index (χ4n) is 3.09. The van der Waals surface area contributed by atoms with Crippen LogP contribution in [0.15, 0.2) is 30.3 Å². The number of carbonyl (C=O) groups is 1. The second kappa shape index (κ2) is 7.42. The molecule has 0 spiro atoms. The molecule has 1 aliphatic heterocycles. The van der Waals surface area contributed by atoms with Crippen LogP contribution in [0.1, 0.15) is 38.9 Å². The van der Waals surface area contributed by atoms with Crippen LogP contribution >= 0.6 is 11.3 Å². The molecule has 128 valence electrons. The summed E-state index contributed by atoms with van der Waals surface area (Å²) in [4.78, 5) is 20.1. The van der Waals surface area contributed by atoms with Crippen molar-refractivity contribution in [2.45, 2.75) is 32.4 Å². The third-order valence-electron chi connectivity index (χ3n) is 4.27. The first-order chi connectivity index (χ1) is 11.7. The van der Waals surface area contributed by atoms with E-state index in [1.54, 1.807) is 0 Å². The minimum absolute atomic E-state index is 0.0275. The Morgan fingerprint density at radius 1 is 1.42 bits per heavy atom. The summed E-state index contributed by atoms with van der Waals surface area (Å²) in [6.07, 6.45) is 0.410. The lowest BCUT2D eigenvalue weighted by Gasteiger charge is -2.40. The van der Waals surface area contributed by atoms with Crippen LogP contribution in [-0.4, -0.2) is 46.8 Å². The summed E-state index contributed by atoms with van der Waals surface area (Å²) in [5.74, 6) is -0.0275. The van der Waals surface area contributed by atoms with Gasteiger partial charge in [0.2, 0.25) is 0 Å². The standard InChI is InChI=1S/C18H22N2O3S/c1-3-15-19-12(2)17(24-15)18(22)20-9-10-23-14(11-21)16(20)13-7-5-4-6-8-13/h4-8,14,16,21H,3,9-11H2,1-2H3/t14-,16-/m1/s1. The first-order valence-corrected chi connectivity index (χ1v) is 9.02. The molecule has 2 heterocycles. The van der Waals surface area contributed by atoms with E-state index in [2.05, 4.69) is 4.98 Å². The van der Waals surface area contributed by atoms with E-state index in [-0.39, 0.29) is 18.6 Å². The van der Waals surface area contributed by atoms with E-state index >= 15 is 0 Å². The minimum Gasteiger partial charge on any atom is -0.394 e. The van der Waals surface area contributed by atoms with Crippen molar-refractivity contribution in [1.82, 2.24) is 9.88 Å². The van der Waals surface area contributed by atoms with Crippen LogP contribution in [0.3, 0.4) is 0 Å². The number of rotatable bonds is 4. The van der Waals surface area contributed by atoms with E-state index in [1.807, 2.05) is 49.1 Å². The second-order valence-corrected chi connectivity index (χ2v) is 6.91.